The van der Waals surface area contributed by atoms with Gasteiger partial charge in [0.25, 0.3) is 5.78 Å². The molecule has 0 saturated carbocycles. The number of amides is 1. The minimum Gasteiger partial charge on any atom is -0.507 e. The number of thioether (sulfide) groups is 1. The highest BCUT2D eigenvalue weighted by atomic mass is 32.2. The van der Waals surface area contributed by atoms with E-state index in [4.69, 9.17) is 9.47 Å². The van der Waals surface area contributed by atoms with E-state index in [1.54, 1.807) is 30.3 Å². The van der Waals surface area contributed by atoms with Crippen LogP contribution in [0.25, 0.3) is 5.76 Å². The molecule has 214 valence electrons. The molecule has 6 rings (SSSR count). The molecule has 8 nitrogen and oxygen atoms in total. The number of hydrogen-bond donors (Lipinski definition) is 1. The number of benzene rings is 3. The van der Waals surface area contributed by atoms with Crippen molar-refractivity contribution in [3.63, 3.8) is 0 Å². The fraction of sp³-hybridized carbons (Fsp3) is 0.226. The lowest BCUT2D eigenvalue weighted by Gasteiger charge is -2.23. The first-order valence-corrected chi connectivity index (χ1v) is 15.1. The number of carbonyl (C=O) groups is 2. The summed E-state index contributed by atoms with van der Waals surface area (Å²) in [4.78, 5) is 28.4. The minimum absolute atomic E-state index is 0.0512. The van der Waals surface area contributed by atoms with Crippen molar-refractivity contribution >= 4 is 45.7 Å². The molecular formula is C31H26FN3O5S2. The number of carbonyl (C=O) groups excluding carboxylic acids is 2. The number of ketones is 1. The Balaban J connectivity index is 1.39. The van der Waals surface area contributed by atoms with Gasteiger partial charge in [-0.3, -0.25) is 14.5 Å². The van der Waals surface area contributed by atoms with Crippen LogP contribution in [0.4, 0.5) is 9.52 Å². The molecule has 1 amide bonds. The summed E-state index contributed by atoms with van der Waals surface area (Å²) in [5, 5.41) is 20.2. The van der Waals surface area contributed by atoms with Crippen LogP contribution in [0.3, 0.4) is 0 Å². The Kier molecular flexibility index (Phi) is 7.70. The number of ether oxygens (including phenoxy) is 2. The van der Waals surface area contributed by atoms with Crippen LogP contribution in [0.5, 0.6) is 11.5 Å². The fourth-order valence-electron chi connectivity index (χ4n) is 4.84. The lowest BCUT2D eigenvalue weighted by Crippen LogP contribution is -2.29. The van der Waals surface area contributed by atoms with E-state index in [1.165, 1.54) is 40.1 Å². The molecule has 0 bridgehead atoms. The van der Waals surface area contributed by atoms with Gasteiger partial charge in [0.05, 0.1) is 11.6 Å². The van der Waals surface area contributed by atoms with Crippen LogP contribution >= 0.6 is 23.1 Å². The molecule has 1 N–H and O–H groups in total. The maximum atomic E-state index is 13.6. The van der Waals surface area contributed by atoms with Gasteiger partial charge in [-0.2, -0.15) is 0 Å². The number of nitrogens with zero attached hydrogens (tertiary/aromatic N) is 3. The second-order valence-electron chi connectivity index (χ2n) is 10.1. The van der Waals surface area contributed by atoms with E-state index < -0.39 is 17.7 Å². The predicted octanol–water partition coefficient (Wildman–Crippen LogP) is 6.49. The zero-order chi connectivity index (χ0) is 29.4. The zero-order valence-electron chi connectivity index (χ0n) is 22.7. The summed E-state index contributed by atoms with van der Waals surface area (Å²) >= 11 is 2.56. The molecule has 0 spiro atoms. The summed E-state index contributed by atoms with van der Waals surface area (Å²) in [6.07, 6.45) is 0. The molecule has 2 aliphatic rings. The molecule has 4 aromatic rings. The summed E-state index contributed by atoms with van der Waals surface area (Å²) in [6, 6.07) is 17.8. The number of halogens is 1. The van der Waals surface area contributed by atoms with Gasteiger partial charge >= 0.3 is 5.91 Å². The lowest BCUT2D eigenvalue weighted by molar-refractivity contribution is -0.132. The molecule has 0 aliphatic carbocycles. The van der Waals surface area contributed by atoms with Crippen molar-refractivity contribution in [2.75, 3.05) is 18.1 Å². The monoisotopic (exact) mass is 603 g/mol. The Morgan fingerprint density at radius 3 is 2.45 bits per heavy atom. The Bertz CT molecular complexity index is 1690. The molecule has 1 atom stereocenters. The largest absolute Gasteiger partial charge is 0.507 e. The highest BCUT2D eigenvalue weighted by Crippen LogP contribution is 2.45. The number of aliphatic hydroxyl groups excluding tert-OH is 1. The van der Waals surface area contributed by atoms with E-state index in [0.29, 0.717) is 45.9 Å². The first-order chi connectivity index (χ1) is 20.3. The maximum Gasteiger partial charge on any atom is 0.301 e. The van der Waals surface area contributed by atoms with Crippen LogP contribution in [-0.2, 0) is 15.3 Å². The molecule has 1 unspecified atom stereocenters. The van der Waals surface area contributed by atoms with E-state index in [2.05, 4.69) is 24.0 Å². The molecule has 1 fully saturated rings. The van der Waals surface area contributed by atoms with Crippen LogP contribution in [0, 0.1) is 5.82 Å². The number of fused-ring (bicyclic) bond motifs is 1. The van der Waals surface area contributed by atoms with Gasteiger partial charge in [0.15, 0.2) is 15.8 Å². The summed E-state index contributed by atoms with van der Waals surface area (Å²) in [5.74, 6) is -0.460. The first kappa shape index (κ1) is 27.9. The van der Waals surface area contributed by atoms with Gasteiger partial charge in [-0.1, -0.05) is 73.3 Å². The van der Waals surface area contributed by atoms with E-state index >= 15 is 0 Å². The molecule has 1 saturated heterocycles. The summed E-state index contributed by atoms with van der Waals surface area (Å²) in [7, 11) is 0. The number of rotatable bonds is 7. The van der Waals surface area contributed by atoms with Gasteiger partial charge in [-0.05, 0) is 52.9 Å². The normalized spacial score (nSPS) is 17.7. The van der Waals surface area contributed by atoms with Gasteiger partial charge in [-0.15, -0.1) is 10.2 Å². The quantitative estimate of drug-likeness (QED) is 0.0841. The van der Waals surface area contributed by atoms with Crippen molar-refractivity contribution in [1.82, 2.24) is 10.2 Å². The lowest BCUT2D eigenvalue weighted by atomic mass is 9.93. The third kappa shape index (κ3) is 5.37. The van der Waals surface area contributed by atoms with E-state index in [9.17, 15) is 19.1 Å². The zero-order valence-corrected chi connectivity index (χ0v) is 24.4. The Labute approximate surface area is 249 Å². The van der Waals surface area contributed by atoms with Gasteiger partial charge in [-0.25, -0.2) is 4.39 Å². The molecule has 3 aromatic carbocycles. The van der Waals surface area contributed by atoms with Crippen LogP contribution < -0.4 is 14.4 Å². The van der Waals surface area contributed by atoms with Crippen LogP contribution in [0.2, 0.25) is 0 Å². The second-order valence-corrected chi connectivity index (χ2v) is 12.3. The third-order valence-electron chi connectivity index (χ3n) is 7.06. The first-order valence-electron chi connectivity index (χ1n) is 13.3. The van der Waals surface area contributed by atoms with Gasteiger partial charge in [0.1, 0.15) is 24.8 Å². The predicted molar refractivity (Wildman–Crippen MR) is 159 cm³/mol. The number of hydrogen-bond acceptors (Lipinski definition) is 9. The Hall–Kier alpha value is -4.22. The van der Waals surface area contributed by atoms with Gasteiger partial charge < -0.3 is 14.6 Å². The van der Waals surface area contributed by atoms with E-state index in [1.807, 2.05) is 24.3 Å². The van der Waals surface area contributed by atoms with Crippen molar-refractivity contribution in [1.29, 1.82) is 0 Å². The standard InChI is InChI=1S/C31H26FN3O5S2/c1-17(2)19-5-7-20(8-6-19)26-25(27(36)21-9-12-23-24(15-21)40-14-13-39-23)28(37)29(38)35(26)30-33-34-31(42-30)41-16-18-3-10-22(32)11-4-18/h3-12,15,17,26,36H,13-14,16H2,1-2H3/b27-25-. The molecule has 1 aromatic heterocycles. The third-order valence-corrected chi connectivity index (χ3v) is 9.18. The highest BCUT2D eigenvalue weighted by molar-refractivity contribution is 8.00. The van der Waals surface area contributed by atoms with Crippen molar-refractivity contribution < 1.29 is 28.6 Å². The average Bonchev–Trinajstić information content (AvgIpc) is 3.58. The molecule has 11 heteroatoms. The minimum atomic E-state index is -0.928. The highest BCUT2D eigenvalue weighted by Gasteiger charge is 2.48. The van der Waals surface area contributed by atoms with E-state index in [-0.39, 0.29) is 28.2 Å². The molecular weight excluding hydrogens is 577 g/mol. The molecule has 0 radical (unpaired) electrons. The fourth-order valence-corrected chi connectivity index (χ4v) is 6.66. The smallest absolute Gasteiger partial charge is 0.301 e. The second kappa shape index (κ2) is 11.6. The Morgan fingerprint density at radius 1 is 1.02 bits per heavy atom. The number of anilines is 1. The summed E-state index contributed by atoms with van der Waals surface area (Å²) in [5.41, 5.74) is 2.92. The number of aliphatic hydroxyl groups is 1. The average molecular weight is 604 g/mol. The van der Waals surface area contributed by atoms with Crippen molar-refractivity contribution in [3.05, 3.63) is 100 Å². The maximum absolute atomic E-state index is 13.6. The van der Waals surface area contributed by atoms with Gasteiger partial charge in [0.2, 0.25) is 5.13 Å². The number of Topliss-reactive ketones (excluding diaryl/α,β-unsaturated/α-hetero) is 1. The van der Waals surface area contributed by atoms with Gasteiger partial charge in [0, 0.05) is 11.3 Å². The van der Waals surface area contributed by atoms with Crippen molar-refractivity contribution in [2.45, 2.75) is 35.9 Å². The van der Waals surface area contributed by atoms with Crippen LogP contribution in [0.1, 0.15) is 48.1 Å². The molecule has 3 heterocycles. The van der Waals surface area contributed by atoms with Crippen molar-refractivity contribution in [3.8, 4) is 11.5 Å². The van der Waals surface area contributed by atoms with E-state index in [0.717, 1.165) is 11.1 Å². The summed E-state index contributed by atoms with van der Waals surface area (Å²) in [6.45, 7) is 4.94. The SMILES string of the molecule is CC(C)c1ccc(C2/C(=C(/O)c3ccc4c(c3)OCCO4)C(=O)C(=O)N2c2nnc(SCc3ccc(F)cc3)s2)cc1. The van der Waals surface area contributed by atoms with Crippen LogP contribution in [-0.4, -0.2) is 40.2 Å². The summed E-state index contributed by atoms with van der Waals surface area (Å²) < 4.78 is 25.1. The Morgan fingerprint density at radius 2 is 1.74 bits per heavy atom. The van der Waals surface area contributed by atoms with Crippen LogP contribution in [0.15, 0.2) is 76.6 Å². The topological polar surface area (TPSA) is 102 Å². The van der Waals surface area contributed by atoms with Crippen molar-refractivity contribution in [2.24, 2.45) is 0 Å². The number of aromatic nitrogens is 2. The molecule has 2 aliphatic heterocycles. The molecule has 42 heavy (non-hydrogen) atoms.